The number of Topliss-reactive ketones (excluding diaryl/α,β-unsaturated/α-hetero) is 1. The summed E-state index contributed by atoms with van der Waals surface area (Å²) in [4.78, 5) is 31.4. The van der Waals surface area contributed by atoms with Gasteiger partial charge in [-0.1, -0.05) is 55.2 Å². The minimum Gasteiger partial charge on any atom is -0.397 e. The van der Waals surface area contributed by atoms with E-state index in [1.165, 1.54) is 12.1 Å². The molecule has 1 aliphatic rings. The van der Waals surface area contributed by atoms with E-state index in [2.05, 4.69) is 0 Å². The van der Waals surface area contributed by atoms with E-state index in [9.17, 15) is 9.59 Å². The van der Waals surface area contributed by atoms with Crippen molar-refractivity contribution in [1.29, 1.82) is 0 Å². The van der Waals surface area contributed by atoms with Crippen LogP contribution in [0.3, 0.4) is 0 Å². The fraction of sp³-hybridized carbons (Fsp3) is 0.240. The lowest BCUT2D eigenvalue weighted by Gasteiger charge is -2.31. The SMILES string of the molecule is CCC(=O)C1C(CC)=Nc2sc(C(=O)c3ccc(Cl)c(Cl)c3)c(N)c2[C@@H]1c1ccccc1F. The molecule has 0 aliphatic carbocycles. The predicted molar refractivity (Wildman–Crippen MR) is 133 cm³/mol. The second-order valence-corrected chi connectivity index (χ2v) is 9.59. The zero-order chi connectivity index (χ0) is 23.9. The summed E-state index contributed by atoms with van der Waals surface area (Å²) in [5, 5.41) is 1.12. The Balaban J connectivity index is 1.93. The van der Waals surface area contributed by atoms with Crippen LogP contribution in [0.25, 0.3) is 0 Å². The van der Waals surface area contributed by atoms with Gasteiger partial charge >= 0.3 is 0 Å². The zero-order valence-corrected chi connectivity index (χ0v) is 20.3. The minimum atomic E-state index is -0.660. The quantitative estimate of drug-likeness (QED) is 0.361. The third-order valence-corrected chi connectivity index (χ3v) is 7.75. The van der Waals surface area contributed by atoms with E-state index in [1.807, 2.05) is 6.92 Å². The van der Waals surface area contributed by atoms with Gasteiger partial charge in [0.05, 0.1) is 21.7 Å². The van der Waals surface area contributed by atoms with Crippen molar-refractivity contribution in [3.8, 4) is 0 Å². The van der Waals surface area contributed by atoms with Crippen molar-refractivity contribution in [1.82, 2.24) is 0 Å². The number of anilines is 1. The van der Waals surface area contributed by atoms with E-state index in [1.54, 1.807) is 37.3 Å². The second kappa shape index (κ2) is 9.37. The lowest BCUT2D eigenvalue weighted by Crippen LogP contribution is -2.33. The lowest BCUT2D eigenvalue weighted by atomic mass is 9.73. The molecule has 33 heavy (non-hydrogen) atoms. The summed E-state index contributed by atoms with van der Waals surface area (Å²) in [5.74, 6) is -2.11. The maximum Gasteiger partial charge on any atom is 0.205 e. The van der Waals surface area contributed by atoms with Crippen LogP contribution in [0.15, 0.2) is 47.5 Å². The van der Waals surface area contributed by atoms with E-state index in [4.69, 9.17) is 33.9 Å². The molecule has 1 aromatic heterocycles. The Morgan fingerprint density at radius 1 is 1.12 bits per heavy atom. The molecular formula is C25H21Cl2FN2O2S. The van der Waals surface area contributed by atoms with Gasteiger partial charge in [0.1, 0.15) is 21.5 Å². The highest BCUT2D eigenvalue weighted by Crippen LogP contribution is 2.52. The summed E-state index contributed by atoms with van der Waals surface area (Å²) in [6, 6.07) is 11.0. The van der Waals surface area contributed by atoms with Crippen molar-refractivity contribution in [3.63, 3.8) is 0 Å². The maximum absolute atomic E-state index is 15.0. The Labute approximate surface area is 205 Å². The summed E-state index contributed by atoms with van der Waals surface area (Å²) in [6.45, 7) is 3.69. The van der Waals surface area contributed by atoms with Crippen LogP contribution in [0.5, 0.6) is 0 Å². The fourth-order valence-electron chi connectivity index (χ4n) is 4.28. The number of halogens is 3. The molecule has 2 aromatic carbocycles. The van der Waals surface area contributed by atoms with Crippen LogP contribution in [0, 0.1) is 11.7 Å². The summed E-state index contributed by atoms with van der Waals surface area (Å²) < 4.78 is 15.0. The number of fused-ring (bicyclic) bond motifs is 1. The van der Waals surface area contributed by atoms with Gasteiger partial charge in [-0.05, 0) is 36.2 Å². The number of aliphatic imine (C=N–C) groups is 1. The first-order valence-corrected chi connectivity index (χ1v) is 12.1. The molecule has 4 rings (SSSR count). The average molecular weight is 503 g/mol. The van der Waals surface area contributed by atoms with Crippen molar-refractivity contribution in [2.24, 2.45) is 10.9 Å². The van der Waals surface area contributed by atoms with Gasteiger partial charge in [-0.15, -0.1) is 11.3 Å². The first kappa shape index (κ1) is 23.6. The number of ketones is 2. The first-order valence-electron chi connectivity index (χ1n) is 10.5. The fourth-order valence-corrected chi connectivity index (χ4v) is 5.71. The van der Waals surface area contributed by atoms with Gasteiger partial charge in [0, 0.05) is 29.2 Å². The molecule has 0 spiro atoms. The van der Waals surface area contributed by atoms with Gasteiger partial charge in [-0.25, -0.2) is 9.38 Å². The van der Waals surface area contributed by atoms with Crippen LogP contribution in [0.2, 0.25) is 10.0 Å². The summed E-state index contributed by atoms with van der Waals surface area (Å²) in [7, 11) is 0. The predicted octanol–water partition coefficient (Wildman–Crippen LogP) is 7.23. The molecule has 0 radical (unpaired) electrons. The van der Waals surface area contributed by atoms with Crippen molar-refractivity contribution in [2.75, 3.05) is 5.73 Å². The Bertz CT molecular complexity index is 1300. The molecule has 8 heteroatoms. The standard InChI is InChI=1S/C25H21Cl2FN2O2S/c1-3-17-20(18(31)4-2)19(13-7-5-6-8-16(13)28)21-22(29)24(33-25(21)30-17)23(32)12-9-10-14(26)15(27)11-12/h5-11,19-20H,3-4,29H2,1-2H3/t19-,20?/m1/s1. The Morgan fingerprint density at radius 3 is 2.48 bits per heavy atom. The van der Waals surface area contributed by atoms with Gasteiger partial charge in [0.15, 0.2) is 0 Å². The van der Waals surface area contributed by atoms with Gasteiger partial charge in [-0.2, -0.15) is 0 Å². The molecule has 0 saturated heterocycles. The summed E-state index contributed by atoms with van der Waals surface area (Å²) >= 11 is 13.2. The number of nitrogens with zero attached hydrogens (tertiary/aromatic N) is 1. The third-order valence-electron chi connectivity index (χ3n) is 5.90. The Hall–Kier alpha value is -2.54. The molecule has 2 atom stereocenters. The summed E-state index contributed by atoms with van der Waals surface area (Å²) in [5.41, 5.74) is 8.63. The number of benzene rings is 2. The van der Waals surface area contributed by atoms with Crippen molar-refractivity contribution >= 4 is 62.5 Å². The molecule has 170 valence electrons. The second-order valence-electron chi connectivity index (χ2n) is 7.78. The van der Waals surface area contributed by atoms with E-state index >= 15 is 4.39 Å². The van der Waals surface area contributed by atoms with Crippen LogP contribution in [-0.4, -0.2) is 17.3 Å². The molecule has 0 fully saturated rings. The molecule has 2 N–H and O–H groups in total. The van der Waals surface area contributed by atoms with Gasteiger partial charge in [0.25, 0.3) is 0 Å². The number of carbonyl (C=O) groups is 2. The largest absolute Gasteiger partial charge is 0.397 e. The Morgan fingerprint density at radius 2 is 1.85 bits per heavy atom. The molecule has 2 heterocycles. The third kappa shape index (κ3) is 4.12. The summed E-state index contributed by atoms with van der Waals surface area (Å²) in [6.07, 6.45) is 0.803. The van der Waals surface area contributed by atoms with Gasteiger partial charge in [-0.3, -0.25) is 9.59 Å². The van der Waals surface area contributed by atoms with Gasteiger partial charge < -0.3 is 5.73 Å². The van der Waals surface area contributed by atoms with Crippen LogP contribution in [-0.2, 0) is 4.79 Å². The molecule has 0 bridgehead atoms. The molecular weight excluding hydrogens is 482 g/mol. The van der Waals surface area contributed by atoms with E-state index in [0.717, 1.165) is 11.3 Å². The highest BCUT2D eigenvalue weighted by molar-refractivity contribution is 7.18. The molecule has 1 aliphatic heterocycles. The molecule has 0 saturated carbocycles. The van der Waals surface area contributed by atoms with Crippen LogP contribution >= 0.6 is 34.5 Å². The lowest BCUT2D eigenvalue weighted by molar-refractivity contribution is -0.121. The number of carbonyl (C=O) groups excluding carboxylic acids is 2. The minimum absolute atomic E-state index is 0.0440. The highest BCUT2D eigenvalue weighted by atomic mass is 35.5. The first-order chi connectivity index (χ1) is 15.8. The van der Waals surface area contributed by atoms with Crippen LogP contribution < -0.4 is 5.73 Å². The average Bonchev–Trinajstić information content (AvgIpc) is 3.15. The number of nitrogens with two attached hydrogens (primary N) is 1. The number of nitrogen functional groups attached to an aromatic ring is 1. The Kier molecular flexibility index (Phi) is 6.71. The topological polar surface area (TPSA) is 72.5 Å². The monoisotopic (exact) mass is 502 g/mol. The van der Waals surface area contributed by atoms with E-state index in [0.29, 0.717) is 38.8 Å². The number of hydrogen-bond acceptors (Lipinski definition) is 5. The number of hydrogen-bond donors (Lipinski definition) is 1. The van der Waals surface area contributed by atoms with Crippen LogP contribution in [0.1, 0.15) is 59.0 Å². The van der Waals surface area contributed by atoms with Crippen molar-refractivity contribution in [2.45, 2.75) is 32.6 Å². The van der Waals surface area contributed by atoms with Crippen molar-refractivity contribution < 1.29 is 14.0 Å². The normalized spacial score (nSPS) is 17.4. The van der Waals surface area contributed by atoms with E-state index in [-0.39, 0.29) is 33.6 Å². The van der Waals surface area contributed by atoms with Crippen molar-refractivity contribution in [3.05, 3.63) is 79.9 Å². The zero-order valence-electron chi connectivity index (χ0n) is 18.0. The van der Waals surface area contributed by atoms with Gasteiger partial charge in [0.2, 0.25) is 5.78 Å². The maximum atomic E-state index is 15.0. The van der Waals surface area contributed by atoms with E-state index < -0.39 is 17.7 Å². The molecule has 3 aromatic rings. The molecule has 4 nitrogen and oxygen atoms in total. The smallest absolute Gasteiger partial charge is 0.205 e. The molecule has 1 unspecified atom stereocenters. The highest BCUT2D eigenvalue weighted by Gasteiger charge is 2.42. The number of rotatable bonds is 6. The number of thiophene rings is 1. The van der Waals surface area contributed by atoms with Crippen LogP contribution in [0.4, 0.5) is 15.1 Å². The molecule has 0 amide bonds.